The van der Waals surface area contributed by atoms with Crippen LogP contribution < -0.4 is 4.74 Å². The lowest BCUT2D eigenvalue weighted by atomic mass is 9.93. The minimum Gasteiger partial charge on any atom is -0.485 e. The van der Waals surface area contributed by atoms with E-state index < -0.39 is 0 Å². The number of hydrogen-bond acceptors (Lipinski definition) is 1. The van der Waals surface area contributed by atoms with Crippen LogP contribution in [0.2, 0.25) is 0 Å². The van der Waals surface area contributed by atoms with Crippen LogP contribution >= 0.6 is 0 Å². The molecule has 0 radical (unpaired) electrons. The molecule has 1 heteroatoms. The lowest BCUT2D eigenvalue weighted by molar-refractivity contribution is 0.202. The molecule has 0 aliphatic carbocycles. The first-order valence-electron chi connectivity index (χ1n) is 6.24. The first-order chi connectivity index (χ1) is 8.74. The highest BCUT2D eigenvalue weighted by Crippen LogP contribution is 2.40. The number of fused-ring (bicyclic) bond motifs is 1. The Kier molecular flexibility index (Phi) is 2.67. The smallest absolute Gasteiger partial charge is 0.128 e. The van der Waals surface area contributed by atoms with E-state index in [0.29, 0.717) is 0 Å². The van der Waals surface area contributed by atoms with Crippen molar-refractivity contribution in [2.45, 2.75) is 19.4 Å². The molecule has 0 amide bonds. The van der Waals surface area contributed by atoms with Gasteiger partial charge in [0.15, 0.2) is 0 Å². The van der Waals surface area contributed by atoms with E-state index in [9.17, 15) is 0 Å². The fraction of sp³-hybridized carbons (Fsp3) is 0.176. The van der Waals surface area contributed by atoms with Crippen LogP contribution in [0.1, 0.15) is 29.2 Å². The Labute approximate surface area is 108 Å². The highest BCUT2D eigenvalue weighted by atomic mass is 16.5. The summed E-state index contributed by atoms with van der Waals surface area (Å²) in [6.45, 7) is 6.27. The Morgan fingerprint density at radius 3 is 2.56 bits per heavy atom. The average Bonchev–Trinajstić information content (AvgIpc) is 2.39. The summed E-state index contributed by atoms with van der Waals surface area (Å²) in [5, 5.41) is 0. The van der Waals surface area contributed by atoms with Gasteiger partial charge < -0.3 is 4.74 Å². The molecule has 1 aliphatic heterocycles. The van der Waals surface area contributed by atoms with Gasteiger partial charge in [0.05, 0.1) is 0 Å². The molecule has 0 N–H and O–H groups in total. The van der Waals surface area contributed by atoms with Crippen molar-refractivity contribution in [2.24, 2.45) is 0 Å². The lowest BCUT2D eigenvalue weighted by Crippen LogP contribution is -2.14. The zero-order chi connectivity index (χ0) is 12.5. The van der Waals surface area contributed by atoms with E-state index in [1.165, 1.54) is 11.1 Å². The molecule has 0 saturated heterocycles. The third-order valence-electron chi connectivity index (χ3n) is 3.42. The minimum atomic E-state index is 0.0907. The molecule has 0 bridgehead atoms. The van der Waals surface area contributed by atoms with Crippen molar-refractivity contribution in [1.82, 2.24) is 0 Å². The second-order valence-corrected chi connectivity index (χ2v) is 4.82. The molecule has 1 nitrogen and oxygen atoms in total. The molecule has 0 spiro atoms. The molecule has 0 fully saturated rings. The van der Waals surface area contributed by atoms with Gasteiger partial charge in [0, 0.05) is 12.0 Å². The quantitative estimate of drug-likeness (QED) is 0.706. The van der Waals surface area contributed by atoms with Gasteiger partial charge >= 0.3 is 0 Å². The molecular formula is C17H16O. The van der Waals surface area contributed by atoms with Gasteiger partial charge in [-0.05, 0) is 24.1 Å². The summed E-state index contributed by atoms with van der Waals surface area (Å²) in [4.78, 5) is 0. The Morgan fingerprint density at radius 2 is 1.78 bits per heavy atom. The lowest BCUT2D eigenvalue weighted by Gasteiger charge is -2.28. The van der Waals surface area contributed by atoms with Crippen molar-refractivity contribution < 1.29 is 4.74 Å². The van der Waals surface area contributed by atoms with Crippen molar-refractivity contribution in [3.8, 4) is 5.75 Å². The molecule has 0 saturated carbocycles. The van der Waals surface area contributed by atoms with Crippen LogP contribution in [0.5, 0.6) is 5.75 Å². The van der Waals surface area contributed by atoms with Crippen LogP contribution in [-0.2, 0) is 0 Å². The summed E-state index contributed by atoms with van der Waals surface area (Å²) in [5.41, 5.74) is 4.79. The van der Waals surface area contributed by atoms with Gasteiger partial charge in [0.1, 0.15) is 11.9 Å². The average molecular weight is 236 g/mol. The van der Waals surface area contributed by atoms with Crippen LogP contribution in [0.25, 0.3) is 5.57 Å². The van der Waals surface area contributed by atoms with Crippen molar-refractivity contribution in [3.05, 3.63) is 71.8 Å². The molecule has 0 aromatic heterocycles. The monoisotopic (exact) mass is 236 g/mol. The number of rotatable bonds is 1. The standard InChI is InChI=1S/C17H16O/c1-12-7-9-14(10-8-12)17-11-13(2)15-5-3-4-6-16(15)18-17/h3-10,17H,2,11H2,1H3. The normalized spacial score (nSPS) is 18.1. The summed E-state index contributed by atoms with van der Waals surface area (Å²) in [5.74, 6) is 0.944. The number of para-hydroxylation sites is 1. The van der Waals surface area contributed by atoms with E-state index in [2.05, 4.69) is 43.8 Å². The summed E-state index contributed by atoms with van der Waals surface area (Å²) in [6.07, 6.45) is 0.952. The van der Waals surface area contributed by atoms with Crippen LogP contribution in [0.3, 0.4) is 0 Å². The summed E-state index contributed by atoms with van der Waals surface area (Å²) >= 11 is 0. The molecule has 90 valence electrons. The second-order valence-electron chi connectivity index (χ2n) is 4.82. The molecule has 3 rings (SSSR count). The molecule has 2 aromatic rings. The zero-order valence-corrected chi connectivity index (χ0v) is 10.5. The van der Waals surface area contributed by atoms with E-state index in [1.807, 2.05) is 18.2 Å². The van der Waals surface area contributed by atoms with Crippen molar-refractivity contribution >= 4 is 5.57 Å². The molecule has 18 heavy (non-hydrogen) atoms. The largest absolute Gasteiger partial charge is 0.485 e. The van der Waals surface area contributed by atoms with Gasteiger partial charge in [-0.15, -0.1) is 0 Å². The summed E-state index contributed by atoms with van der Waals surface area (Å²) in [6, 6.07) is 16.7. The van der Waals surface area contributed by atoms with Crippen molar-refractivity contribution in [3.63, 3.8) is 0 Å². The first-order valence-corrected chi connectivity index (χ1v) is 6.24. The highest BCUT2D eigenvalue weighted by molar-refractivity contribution is 5.70. The summed E-state index contributed by atoms with van der Waals surface area (Å²) < 4.78 is 6.07. The minimum absolute atomic E-state index is 0.0907. The molecule has 1 heterocycles. The second kappa shape index (κ2) is 4.34. The molecule has 1 unspecified atom stereocenters. The Morgan fingerprint density at radius 1 is 1.06 bits per heavy atom. The highest BCUT2D eigenvalue weighted by Gasteiger charge is 2.23. The summed E-state index contributed by atoms with van der Waals surface area (Å²) in [7, 11) is 0. The molecular weight excluding hydrogens is 220 g/mol. The maximum absolute atomic E-state index is 6.07. The molecule has 1 aliphatic rings. The van der Waals surface area contributed by atoms with Crippen LogP contribution in [0.15, 0.2) is 55.1 Å². The van der Waals surface area contributed by atoms with Gasteiger partial charge in [-0.3, -0.25) is 0 Å². The maximum atomic E-state index is 6.07. The number of ether oxygens (including phenoxy) is 1. The van der Waals surface area contributed by atoms with Gasteiger partial charge in [0.25, 0.3) is 0 Å². The Bertz CT molecular complexity index is 581. The topological polar surface area (TPSA) is 9.23 Å². The van der Waals surface area contributed by atoms with Gasteiger partial charge in [-0.2, -0.15) is 0 Å². The van der Waals surface area contributed by atoms with Crippen LogP contribution in [0.4, 0.5) is 0 Å². The first kappa shape index (κ1) is 11.1. The van der Waals surface area contributed by atoms with Gasteiger partial charge in [-0.25, -0.2) is 0 Å². The van der Waals surface area contributed by atoms with Gasteiger partial charge in [0.2, 0.25) is 0 Å². The maximum Gasteiger partial charge on any atom is 0.128 e. The van der Waals surface area contributed by atoms with Crippen LogP contribution in [0, 0.1) is 6.92 Å². The number of aryl methyl sites for hydroxylation is 1. The number of hydrogen-bond donors (Lipinski definition) is 0. The Hall–Kier alpha value is -2.02. The predicted molar refractivity (Wildman–Crippen MR) is 74.6 cm³/mol. The van der Waals surface area contributed by atoms with E-state index in [4.69, 9.17) is 4.74 Å². The predicted octanol–water partition coefficient (Wildman–Crippen LogP) is 4.53. The third-order valence-corrected chi connectivity index (χ3v) is 3.42. The van der Waals surface area contributed by atoms with E-state index in [0.717, 1.165) is 23.3 Å². The number of benzene rings is 2. The molecule has 1 atom stereocenters. The van der Waals surface area contributed by atoms with Gasteiger partial charge in [-0.1, -0.05) is 54.6 Å². The fourth-order valence-corrected chi connectivity index (χ4v) is 2.36. The van der Waals surface area contributed by atoms with Crippen molar-refractivity contribution in [1.29, 1.82) is 0 Å². The van der Waals surface area contributed by atoms with E-state index >= 15 is 0 Å². The zero-order valence-electron chi connectivity index (χ0n) is 10.5. The SMILES string of the molecule is C=C1CC(c2ccc(C)cc2)Oc2ccccc21. The Balaban J connectivity index is 1.94. The van der Waals surface area contributed by atoms with E-state index in [-0.39, 0.29) is 6.10 Å². The van der Waals surface area contributed by atoms with Crippen molar-refractivity contribution in [2.75, 3.05) is 0 Å². The fourth-order valence-electron chi connectivity index (χ4n) is 2.36. The van der Waals surface area contributed by atoms with Crippen LogP contribution in [-0.4, -0.2) is 0 Å². The third kappa shape index (κ3) is 1.92. The van der Waals surface area contributed by atoms with E-state index in [1.54, 1.807) is 0 Å². The molecule has 2 aromatic carbocycles.